The van der Waals surface area contributed by atoms with Gasteiger partial charge in [-0.05, 0) is 19.1 Å². The van der Waals surface area contributed by atoms with E-state index in [1.807, 2.05) is 6.92 Å². The normalized spacial score (nSPS) is 10.5. The van der Waals surface area contributed by atoms with Crippen LogP contribution in [0.1, 0.15) is 11.4 Å². The van der Waals surface area contributed by atoms with Gasteiger partial charge in [-0.15, -0.1) is 11.6 Å². The smallest absolute Gasteiger partial charge is 0.311 e. The highest BCUT2D eigenvalue weighted by Crippen LogP contribution is 2.31. The lowest BCUT2D eigenvalue weighted by atomic mass is 10.2. The highest BCUT2D eigenvalue weighted by atomic mass is 35.5. The minimum absolute atomic E-state index is 0.0959. The van der Waals surface area contributed by atoms with Crippen molar-refractivity contribution in [1.29, 1.82) is 0 Å². The minimum atomic E-state index is -0.486. The van der Waals surface area contributed by atoms with Crippen molar-refractivity contribution in [2.45, 2.75) is 12.8 Å². The van der Waals surface area contributed by atoms with Crippen LogP contribution in [-0.4, -0.2) is 22.0 Å². The number of nitrogens with zero attached hydrogens (tertiary/aromatic N) is 2. The van der Waals surface area contributed by atoms with E-state index in [0.29, 0.717) is 17.3 Å². The first kappa shape index (κ1) is 13.4. The van der Waals surface area contributed by atoms with Crippen molar-refractivity contribution < 1.29 is 9.66 Å². The maximum atomic E-state index is 11.0. The summed E-state index contributed by atoms with van der Waals surface area (Å²) in [7, 11) is 1.39. The van der Waals surface area contributed by atoms with E-state index < -0.39 is 4.92 Å². The van der Waals surface area contributed by atoms with Crippen LogP contribution in [0.15, 0.2) is 18.2 Å². The molecule has 0 atom stereocenters. The van der Waals surface area contributed by atoms with Crippen molar-refractivity contribution in [1.82, 2.24) is 9.97 Å². The van der Waals surface area contributed by atoms with E-state index in [4.69, 9.17) is 16.3 Å². The number of aromatic amines is 1. The largest absolute Gasteiger partial charge is 0.490 e. The molecule has 6 nitrogen and oxygen atoms in total. The third-order valence-electron chi connectivity index (χ3n) is 2.76. The predicted octanol–water partition coefficient (Wildman–Crippen LogP) is 3.04. The van der Waals surface area contributed by atoms with Crippen molar-refractivity contribution in [3.8, 4) is 17.1 Å². The fourth-order valence-electron chi connectivity index (χ4n) is 1.74. The summed E-state index contributed by atoms with van der Waals surface area (Å²) in [5.74, 6) is 1.06. The maximum absolute atomic E-state index is 11.0. The molecule has 0 aliphatic carbocycles. The number of imidazole rings is 1. The molecular weight excluding hydrogens is 270 g/mol. The molecule has 1 N–H and O–H groups in total. The Balaban J connectivity index is 2.50. The molecule has 0 radical (unpaired) electrons. The number of hydrogen-bond acceptors (Lipinski definition) is 4. The number of nitro benzene ring substituents is 1. The third-order valence-corrected chi connectivity index (χ3v) is 3.01. The number of halogens is 1. The topological polar surface area (TPSA) is 81.0 Å². The van der Waals surface area contributed by atoms with Crippen molar-refractivity contribution in [3.05, 3.63) is 39.7 Å². The second-order valence-electron chi connectivity index (χ2n) is 3.93. The average Bonchev–Trinajstić information content (AvgIpc) is 2.79. The first-order valence-corrected chi connectivity index (χ1v) is 6.04. The highest BCUT2D eigenvalue weighted by Gasteiger charge is 2.17. The maximum Gasteiger partial charge on any atom is 0.311 e. The first-order valence-electron chi connectivity index (χ1n) is 5.51. The van der Waals surface area contributed by atoms with Gasteiger partial charge in [0.2, 0.25) is 0 Å². The van der Waals surface area contributed by atoms with E-state index >= 15 is 0 Å². The molecule has 2 rings (SSSR count). The SMILES string of the molecule is COc1ccc(-c2nc(CCl)c(C)[nH]2)cc1[N+](=O)[O-]. The molecule has 0 aliphatic heterocycles. The van der Waals surface area contributed by atoms with E-state index in [9.17, 15) is 10.1 Å². The summed E-state index contributed by atoms with van der Waals surface area (Å²) in [5.41, 5.74) is 2.10. The van der Waals surface area contributed by atoms with Crippen molar-refractivity contribution in [2.75, 3.05) is 7.11 Å². The molecule has 0 saturated heterocycles. The summed E-state index contributed by atoms with van der Waals surface area (Å²) in [6, 6.07) is 4.68. The van der Waals surface area contributed by atoms with Crippen LogP contribution < -0.4 is 4.74 Å². The van der Waals surface area contributed by atoms with E-state index in [-0.39, 0.29) is 11.4 Å². The molecule has 0 amide bonds. The van der Waals surface area contributed by atoms with Gasteiger partial charge in [0, 0.05) is 17.3 Å². The van der Waals surface area contributed by atoms with Crippen molar-refractivity contribution >= 4 is 17.3 Å². The second-order valence-corrected chi connectivity index (χ2v) is 4.20. The Hall–Kier alpha value is -2.08. The molecule has 0 bridgehead atoms. The van der Waals surface area contributed by atoms with E-state index in [0.717, 1.165) is 11.4 Å². The van der Waals surface area contributed by atoms with Crippen LogP contribution in [0.2, 0.25) is 0 Å². The van der Waals surface area contributed by atoms with Gasteiger partial charge in [-0.1, -0.05) is 0 Å². The molecule has 1 aromatic carbocycles. The Kier molecular flexibility index (Phi) is 3.71. The number of alkyl halides is 1. The molecular formula is C12H12ClN3O3. The molecule has 1 heterocycles. The van der Waals surface area contributed by atoms with Crippen LogP contribution >= 0.6 is 11.6 Å². The Morgan fingerprint density at radius 2 is 2.26 bits per heavy atom. The Bertz CT molecular complexity index is 625. The quantitative estimate of drug-likeness (QED) is 0.530. The minimum Gasteiger partial charge on any atom is -0.490 e. The molecule has 2 aromatic rings. The van der Waals surface area contributed by atoms with Gasteiger partial charge in [0.05, 0.1) is 23.6 Å². The second kappa shape index (κ2) is 5.27. The van der Waals surface area contributed by atoms with Gasteiger partial charge in [0.1, 0.15) is 5.82 Å². The Morgan fingerprint density at radius 3 is 2.79 bits per heavy atom. The lowest BCUT2D eigenvalue weighted by molar-refractivity contribution is -0.385. The van der Waals surface area contributed by atoms with Crippen LogP contribution in [0.25, 0.3) is 11.4 Å². The fourth-order valence-corrected chi connectivity index (χ4v) is 2.00. The zero-order valence-electron chi connectivity index (χ0n) is 10.4. The number of aromatic nitrogens is 2. The van der Waals surface area contributed by atoms with Gasteiger partial charge in [-0.2, -0.15) is 0 Å². The number of benzene rings is 1. The molecule has 0 spiro atoms. The Morgan fingerprint density at radius 1 is 1.53 bits per heavy atom. The summed E-state index contributed by atoms with van der Waals surface area (Å²) >= 11 is 5.75. The number of rotatable bonds is 4. The number of H-pyrrole nitrogens is 1. The van der Waals surface area contributed by atoms with Crippen LogP contribution in [-0.2, 0) is 5.88 Å². The molecule has 100 valence electrons. The number of aryl methyl sites for hydroxylation is 1. The molecule has 0 saturated carbocycles. The summed E-state index contributed by atoms with van der Waals surface area (Å²) in [6.45, 7) is 1.85. The van der Waals surface area contributed by atoms with Gasteiger partial charge in [0.15, 0.2) is 5.75 Å². The van der Waals surface area contributed by atoms with Crippen LogP contribution in [0.3, 0.4) is 0 Å². The van der Waals surface area contributed by atoms with Gasteiger partial charge in [0.25, 0.3) is 0 Å². The first-order chi connectivity index (χ1) is 9.06. The molecule has 7 heteroatoms. The summed E-state index contributed by atoms with van der Waals surface area (Å²) in [6.07, 6.45) is 0. The summed E-state index contributed by atoms with van der Waals surface area (Å²) in [5, 5.41) is 11.0. The Labute approximate surface area is 114 Å². The number of nitrogens with one attached hydrogen (secondary N) is 1. The van der Waals surface area contributed by atoms with Gasteiger partial charge in [-0.25, -0.2) is 4.98 Å². The summed E-state index contributed by atoms with van der Waals surface area (Å²) < 4.78 is 4.95. The fraction of sp³-hybridized carbons (Fsp3) is 0.250. The highest BCUT2D eigenvalue weighted by molar-refractivity contribution is 6.17. The molecule has 0 unspecified atom stereocenters. The summed E-state index contributed by atoms with van der Waals surface area (Å²) in [4.78, 5) is 17.8. The van der Waals surface area contributed by atoms with Crippen molar-refractivity contribution in [2.24, 2.45) is 0 Å². The van der Waals surface area contributed by atoms with E-state index in [2.05, 4.69) is 9.97 Å². The number of nitro groups is 1. The average molecular weight is 282 g/mol. The van der Waals surface area contributed by atoms with Gasteiger partial charge >= 0.3 is 5.69 Å². The predicted molar refractivity (Wildman–Crippen MR) is 71.5 cm³/mol. The monoisotopic (exact) mass is 281 g/mol. The third kappa shape index (κ3) is 2.53. The molecule has 1 aromatic heterocycles. The van der Waals surface area contributed by atoms with Crippen LogP contribution in [0.5, 0.6) is 5.75 Å². The van der Waals surface area contributed by atoms with E-state index in [1.54, 1.807) is 12.1 Å². The number of ether oxygens (including phenoxy) is 1. The molecule has 19 heavy (non-hydrogen) atoms. The van der Waals surface area contributed by atoms with Gasteiger partial charge in [-0.3, -0.25) is 10.1 Å². The lowest BCUT2D eigenvalue weighted by Gasteiger charge is -2.03. The van der Waals surface area contributed by atoms with E-state index in [1.165, 1.54) is 13.2 Å². The zero-order chi connectivity index (χ0) is 14.0. The van der Waals surface area contributed by atoms with Crippen molar-refractivity contribution in [3.63, 3.8) is 0 Å². The molecule has 0 fully saturated rings. The van der Waals surface area contributed by atoms with Crippen LogP contribution in [0.4, 0.5) is 5.69 Å². The lowest BCUT2D eigenvalue weighted by Crippen LogP contribution is -1.94. The number of hydrogen-bond donors (Lipinski definition) is 1. The standard InChI is InChI=1S/C12H12ClN3O3/c1-7-9(6-13)15-12(14-7)8-3-4-11(19-2)10(5-8)16(17)18/h3-5H,6H2,1-2H3,(H,14,15). The van der Waals surface area contributed by atoms with Gasteiger partial charge < -0.3 is 9.72 Å². The van der Waals surface area contributed by atoms with Crippen LogP contribution in [0, 0.1) is 17.0 Å². The zero-order valence-corrected chi connectivity index (χ0v) is 11.2. The number of methoxy groups -OCH3 is 1. The molecule has 0 aliphatic rings.